The predicted molar refractivity (Wildman–Crippen MR) is 89.7 cm³/mol. The first-order chi connectivity index (χ1) is 11.3. The number of aryl methyl sites for hydroxylation is 2. The van der Waals surface area contributed by atoms with Crippen molar-refractivity contribution in [1.29, 1.82) is 0 Å². The Morgan fingerprint density at radius 2 is 1.88 bits per heavy atom. The molecule has 0 radical (unpaired) electrons. The first kappa shape index (κ1) is 18.1. The number of sulfone groups is 1. The van der Waals surface area contributed by atoms with Gasteiger partial charge in [0.05, 0.1) is 4.90 Å². The largest absolute Gasteiger partial charge is 0.346 e. The molecule has 8 heteroatoms. The number of carbonyl (C=O) groups is 1. The van der Waals surface area contributed by atoms with E-state index in [0.29, 0.717) is 25.1 Å². The summed E-state index contributed by atoms with van der Waals surface area (Å²) in [6.45, 7) is 8.51. The third-order valence-corrected chi connectivity index (χ3v) is 5.47. The van der Waals surface area contributed by atoms with E-state index >= 15 is 0 Å². The molecular weight excluding hydrogens is 328 g/mol. The minimum absolute atomic E-state index is 0.184. The van der Waals surface area contributed by atoms with Crippen LogP contribution in [-0.2, 0) is 16.3 Å². The zero-order chi connectivity index (χ0) is 17.9. The molecule has 1 amide bonds. The van der Waals surface area contributed by atoms with Gasteiger partial charge in [0.1, 0.15) is 6.33 Å². The molecule has 0 saturated heterocycles. The number of benzene rings is 1. The summed E-state index contributed by atoms with van der Waals surface area (Å²) in [6.07, 6.45) is 1.72. The molecule has 130 valence electrons. The number of hydrogen-bond acceptors (Lipinski definition) is 5. The van der Waals surface area contributed by atoms with E-state index in [2.05, 4.69) is 10.1 Å². The molecule has 0 bridgehead atoms. The van der Waals surface area contributed by atoms with E-state index in [4.69, 9.17) is 0 Å². The number of amides is 1. The molecule has 0 aliphatic rings. The fourth-order valence-corrected chi connectivity index (χ4v) is 3.82. The molecule has 2 aromatic rings. The molecule has 0 aliphatic carbocycles. The zero-order valence-corrected chi connectivity index (χ0v) is 15.2. The van der Waals surface area contributed by atoms with Crippen molar-refractivity contribution in [1.82, 2.24) is 19.7 Å². The Morgan fingerprint density at radius 1 is 1.21 bits per heavy atom. The highest BCUT2D eigenvalue weighted by Gasteiger charge is 2.26. The summed E-state index contributed by atoms with van der Waals surface area (Å²) in [6, 6.07) is 4.75. The van der Waals surface area contributed by atoms with Crippen LogP contribution in [0.25, 0.3) is 0 Å². The summed E-state index contributed by atoms with van der Waals surface area (Å²) in [5.41, 5.74) is 1.70. The lowest BCUT2D eigenvalue weighted by molar-refractivity contribution is 0.201. The zero-order valence-electron chi connectivity index (χ0n) is 14.4. The fourth-order valence-electron chi connectivity index (χ4n) is 2.45. The summed E-state index contributed by atoms with van der Waals surface area (Å²) >= 11 is 0. The van der Waals surface area contributed by atoms with Crippen molar-refractivity contribution < 1.29 is 13.2 Å². The van der Waals surface area contributed by atoms with Crippen molar-refractivity contribution in [2.24, 2.45) is 0 Å². The summed E-state index contributed by atoms with van der Waals surface area (Å²) < 4.78 is 26.6. The van der Waals surface area contributed by atoms with Crippen LogP contribution in [0.3, 0.4) is 0 Å². The number of rotatable bonds is 5. The SMILES string of the molecule is CCc1cc(C)ccc1S(=O)(=O)c1ncn(C(=O)N(CC)CC)n1. The maximum atomic E-state index is 12.8. The second kappa shape index (κ2) is 7.12. The van der Waals surface area contributed by atoms with E-state index in [0.717, 1.165) is 16.6 Å². The number of carbonyl (C=O) groups excluding carboxylic acids is 1. The third-order valence-electron chi connectivity index (χ3n) is 3.83. The van der Waals surface area contributed by atoms with E-state index in [1.165, 1.54) is 4.90 Å². The highest BCUT2D eigenvalue weighted by molar-refractivity contribution is 7.91. The predicted octanol–water partition coefficient (Wildman–Crippen LogP) is 2.29. The summed E-state index contributed by atoms with van der Waals surface area (Å²) in [4.78, 5) is 17.8. The number of nitrogens with zero attached hydrogens (tertiary/aromatic N) is 4. The normalized spacial score (nSPS) is 11.5. The van der Waals surface area contributed by atoms with Crippen molar-refractivity contribution in [3.05, 3.63) is 35.7 Å². The number of hydrogen-bond donors (Lipinski definition) is 0. The van der Waals surface area contributed by atoms with Crippen LogP contribution in [0, 0.1) is 6.92 Å². The van der Waals surface area contributed by atoms with Crippen LogP contribution in [0.4, 0.5) is 4.79 Å². The molecule has 1 aromatic carbocycles. The van der Waals surface area contributed by atoms with Crippen molar-refractivity contribution in [2.75, 3.05) is 13.1 Å². The van der Waals surface area contributed by atoms with Crippen molar-refractivity contribution >= 4 is 15.9 Å². The molecule has 0 aliphatic heterocycles. The number of aromatic nitrogens is 3. The minimum atomic E-state index is -3.86. The van der Waals surface area contributed by atoms with E-state index < -0.39 is 15.9 Å². The maximum Gasteiger partial charge on any atom is 0.346 e. The van der Waals surface area contributed by atoms with E-state index in [1.54, 1.807) is 12.1 Å². The quantitative estimate of drug-likeness (QED) is 0.826. The summed E-state index contributed by atoms with van der Waals surface area (Å²) in [5.74, 6) is 0. The van der Waals surface area contributed by atoms with Gasteiger partial charge < -0.3 is 4.90 Å². The van der Waals surface area contributed by atoms with Gasteiger partial charge in [0, 0.05) is 13.1 Å². The average Bonchev–Trinajstić information content (AvgIpc) is 3.06. The van der Waals surface area contributed by atoms with Gasteiger partial charge in [-0.25, -0.2) is 18.2 Å². The first-order valence-electron chi connectivity index (χ1n) is 7.90. The molecule has 0 fully saturated rings. The molecule has 0 atom stereocenters. The van der Waals surface area contributed by atoms with Gasteiger partial charge >= 0.3 is 6.03 Å². The molecule has 0 saturated carbocycles. The fraction of sp³-hybridized carbons (Fsp3) is 0.438. The van der Waals surface area contributed by atoms with Gasteiger partial charge in [-0.05, 0) is 38.8 Å². The average molecular weight is 350 g/mol. The highest BCUT2D eigenvalue weighted by Crippen LogP contribution is 2.23. The molecule has 1 aromatic heterocycles. The first-order valence-corrected chi connectivity index (χ1v) is 9.39. The Hall–Kier alpha value is -2.22. The Bertz CT molecular complexity index is 839. The highest BCUT2D eigenvalue weighted by atomic mass is 32.2. The van der Waals surface area contributed by atoms with E-state index in [9.17, 15) is 13.2 Å². The van der Waals surface area contributed by atoms with Gasteiger partial charge in [0.2, 0.25) is 9.84 Å². The van der Waals surface area contributed by atoms with E-state index in [-0.39, 0.29) is 10.1 Å². The minimum Gasteiger partial charge on any atom is -0.323 e. The smallest absolute Gasteiger partial charge is 0.323 e. The molecule has 24 heavy (non-hydrogen) atoms. The molecule has 7 nitrogen and oxygen atoms in total. The van der Waals surface area contributed by atoms with Gasteiger partial charge in [-0.2, -0.15) is 4.68 Å². The molecule has 1 heterocycles. The monoisotopic (exact) mass is 350 g/mol. The van der Waals surface area contributed by atoms with Crippen LogP contribution in [-0.4, -0.2) is 47.2 Å². The topological polar surface area (TPSA) is 85.2 Å². The van der Waals surface area contributed by atoms with Crippen LogP contribution >= 0.6 is 0 Å². The Balaban J connectivity index is 2.44. The lowest BCUT2D eigenvalue weighted by Gasteiger charge is -2.17. The van der Waals surface area contributed by atoms with Gasteiger partial charge in [-0.1, -0.05) is 24.6 Å². The van der Waals surface area contributed by atoms with Crippen LogP contribution in [0.5, 0.6) is 0 Å². The van der Waals surface area contributed by atoms with Crippen LogP contribution in [0.15, 0.2) is 34.6 Å². The molecular formula is C16H22N4O3S. The molecule has 0 unspecified atom stereocenters. The van der Waals surface area contributed by atoms with Crippen LogP contribution < -0.4 is 0 Å². The van der Waals surface area contributed by atoms with Gasteiger partial charge in [0.15, 0.2) is 0 Å². The van der Waals surface area contributed by atoms with Crippen molar-refractivity contribution in [2.45, 2.75) is 44.2 Å². The maximum absolute atomic E-state index is 12.8. The van der Waals surface area contributed by atoms with Crippen molar-refractivity contribution in [3.63, 3.8) is 0 Å². The summed E-state index contributed by atoms with van der Waals surface area (Å²) in [5, 5.41) is 3.54. The molecule has 0 N–H and O–H groups in total. The van der Waals surface area contributed by atoms with E-state index in [1.807, 2.05) is 33.8 Å². The molecule has 0 spiro atoms. The Morgan fingerprint density at radius 3 is 2.46 bits per heavy atom. The Labute approximate surface area is 142 Å². The van der Waals surface area contributed by atoms with Crippen molar-refractivity contribution in [3.8, 4) is 0 Å². The Kier molecular flexibility index (Phi) is 5.38. The van der Waals surface area contributed by atoms with Gasteiger partial charge in [-0.15, -0.1) is 5.10 Å². The van der Waals surface area contributed by atoms with Crippen LogP contribution in [0.1, 0.15) is 31.9 Å². The van der Waals surface area contributed by atoms with Crippen LogP contribution in [0.2, 0.25) is 0 Å². The second-order valence-corrected chi connectivity index (χ2v) is 7.21. The second-order valence-electron chi connectivity index (χ2n) is 5.39. The summed E-state index contributed by atoms with van der Waals surface area (Å²) in [7, 11) is -3.86. The van der Waals surface area contributed by atoms with Gasteiger partial charge in [-0.3, -0.25) is 0 Å². The lowest BCUT2D eigenvalue weighted by atomic mass is 10.1. The molecule has 2 rings (SSSR count). The van der Waals surface area contributed by atoms with Gasteiger partial charge in [0.25, 0.3) is 5.16 Å². The standard InChI is InChI=1S/C16H22N4O3S/c1-5-13-10-12(4)8-9-14(13)24(22,23)15-17-11-20(18-15)16(21)19(6-2)7-3/h8-11H,5-7H2,1-4H3. The lowest BCUT2D eigenvalue weighted by Crippen LogP contribution is -2.34. The third kappa shape index (κ3) is 3.33.